The van der Waals surface area contributed by atoms with Gasteiger partial charge in [-0.25, -0.2) is 0 Å². The van der Waals surface area contributed by atoms with E-state index in [0.29, 0.717) is 24.3 Å². The van der Waals surface area contributed by atoms with Crippen molar-refractivity contribution in [2.24, 2.45) is 0 Å². The van der Waals surface area contributed by atoms with Crippen molar-refractivity contribution in [2.75, 3.05) is 18.4 Å². The minimum atomic E-state index is -0.423. The summed E-state index contributed by atoms with van der Waals surface area (Å²) in [6.07, 6.45) is 0.0941. The summed E-state index contributed by atoms with van der Waals surface area (Å²) >= 11 is 0. The first kappa shape index (κ1) is 22.1. The number of hydrogen-bond donors (Lipinski definition) is 2. The summed E-state index contributed by atoms with van der Waals surface area (Å²) in [5, 5.41) is 5.67. The Balaban J connectivity index is 2.11. The molecule has 154 valence electrons. The number of anilines is 1. The highest BCUT2D eigenvalue weighted by atomic mass is 16.2. The average molecular weight is 396 g/mol. The molecule has 0 heterocycles. The Bertz CT molecular complexity index is 858. The van der Waals surface area contributed by atoms with Gasteiger partial charge in [0.05, 0.1) is 12.5 Å². The molecule has 6 nitrogen and oxygen atoms in total. The number of rotatable bonds is 8. The van der Waals surface area contributed by atoms with Crippen LogP contribution in [-0.2, 0) is 9.59 Å². The molecule has 6 heteroatoms. The zero-order valence-electron chi connectivity index (χ0n) is 17.5. The minimum Gasteiger partial charge on any atom is -0.349 e. The average Bonchev–Trinajstić information content (AvgIpc) is 2.68. The van der Waals surface area contributed by atoms with Crippen molar-refractivity contribution in [3.05, 3.63) is 65.2 Å². The highest BCUT2D eigenvalue weighted by Gasteiger charge is 2.18. The van der Waals surface area contributed by atoms with Gasteiger partial charge in [0.2, 0.25) is 11.8 Å². The number of aryl methyl sites for hydroxylation is 1. The summed E-state index contributed by atoms with van der Waals surface area (Å²) in [4.78, 5) is 38.5. The first-order valence-electron chi connectivity index (χ1n) is 9.86. The van der Waals surface area contributed by atoms with Crippen LogP contribution in [0.15, 0.2) is 48.5 Å². The molecule has 3 amide bonds. The van der Waals surface area contributed by atoms with Gasteiger partial charge in [0.15, 0.2) is 0 Å². The fourth-order valence-electron chi connectivity index (χ4n) is 3.12. The van der Waals surface area contributed by atoms with Crippen LogP contribution >= 0.6 is 0 Å². The highest BCUT2D eigenvalue weighted by molar-refractivity contribution is 5.97. The van der Waals surface area contributed by atoms with Gasteiger partial charge < -0.3 is 15.5 Å². The van der Waals surface area contributed by atoms with Gasteiger partial charge in [-0.3, -0.25) is 14.4 Å². The third kappa shape index (κ3) is 6.45. The molecule has 2 N–H and O–H groups in total. The second-order valence-corrected chi connectivity index (χ2v) is 6.97. The highest BCUT2D eigenvalue weighted by Crippen LogP contribution is 2.19. The molecule has 0 aliphatic rings. The standard InChI is InChI=1S/C23H29N3O3/c1-5-26(6-2)23(29)19-8-7-9-20(14-19)25-22(28)15-21(24-17(4)27)18-12-10-16(3)11-13-18/h7-14,21H,5-6,15H2,1-4H3,(H,24,27)(H,25,28). The van der Waals surface area contributed by atoms with E-state index in [1.165, 1.54) is 6.92 Å². The molecule has 0 aliphatic carbocycles. The van der Waals surface area contributed by atoms with Crippen LogP contribution < -0.4 is 10.6 Å². The Morgan fingerprint density at radius 1 is 1.00 bits per heavy atom. The van der Waals surface area contributed by atoms with Crippen LogP contribution in [0.4, 0.5) is 5.69 Å². The van der Waals surface area contributed by atoms with Crippen molar-refractivity contribution in [2.45, 2.75) is 40.2 Å². The molecular formula is C23H29N3O3. The quantitative estimate of drug-likeness (QED) is 0.716. The fraction of sp³-hybridized carbons (Fsp3) is 0.348. The lowest BCUT2D eigenvalue weighted by atomic mass is 10.0. The molecule has 1 atom stereocenters. The largest absolute Gasteiger partial charge is 0.349 e. The Hall–Kier alpha value is -3.15. The SMILES string of the molecule is CCN(CC)C(=O)c1cccc(NC(=O)CC(NC(C)=O)c2ccc(C)cc2)c1. The molecule has 2 aromatic carbocycles. The Morgan fingerprint density at radius 2 is 1.66 bits per heavy atom. The Labute approximate surface area is 172 Å². The van der Waals surface area contributed by atoms with Gasteiger partial charge in [-0.05, 0) is 44.5 Å². The van der Waals surface area contributed by atoms with Crippen LogP contribution in [0, 0.1) is 6.92 Å². The molecule has 0 saturated carbocycles. The van der Waals surface area contributed by atoms with Crippen molar-refractivity contribution in [3.8, 4) is 0 Å². The van der Waals surface area contributed by atoms with Crippen molar-refractivity contribution >= 4 is 23.4 Å². The summed E-state index contributed by atoms with van der Waals surface area (Å²) in [6, 6.07) is 14.2. The molecule has 0 bridgehead atoms. The van der Waals surface area contributed by atoms with Gasteiger partial charge in [-0.15, -0.1) is 0 Å². The summed E-state index contributed by atoms with van der Waals surface area (Å²) in [7, 11) is 0. The van der Waals surface area contributed by atoms with Crippen molar-refractivity contribution in [1.82, 2.24) is 10.2 Å². The lowest BCUT2D eigenvalue weighted by Crippen LogP contribution is -2.31. The lowest BCUT2D eigenvalue weighted by molar-refractivity contribution is -0.120. The van der Waals surface area contributed by atoms with E-state index in [2.05, 4.69) is 10.6 Å². The monoisotopic (exact) mass is 395 g/mol. The maximum atomic E-state index is 12.6. The van der Waals surface area contributed by atoms with Gasteiger partial charge >= 0.3 is 0 Å². The predicted octanol–water partition coefficient (Wildman–Crippen LogP) is 3.68. The van der Waals surface area contributed by atoms with Gasteiger partial charge in [0, 0.05) is 31.3 Å². The number of nitrogens with zero attached hydrogens (tertiary/aromatic N) is 1. The Morgan fingerprint density at radius 3 is 2.24 bits per heavy atom. The summed E-state index contributed by atoms with van der Waals surface area (Å²) < 4.78 is 0. The first-order valence-corrected chi connectivity index (χ1v) is 9.86. The molecule has 0 saturated heterocycles. The third-order valence-corrected chi connectivity index (χ3v) is 4.69. The van der Waals surface area contributed by atoms with E-state index in [-0.39, 0.29) is 24.1 Å². The number of hydrogen-bond acceptors (Lipinski definition) is 3. The fourth-order valence-corrected chi connectivity index (χ4v) is 3.12. The molecule has 1 unspecified atom stereocenters. The van der Waals surface area contributed by atoms with E-state index in [0.717, 1.165) is 11.1 Å². The summed E-state index contributed by atoms with van der Waals surface area (Å²) in [5.41, 5.74) is 3.06. The van der Waals surface area contributed by atoms with E-state index in [1.54, 1.807) is 29.2 Å². The van der Waals surface area contributed by atoms with E-state index in [1.807, 2.05) is 45.0 Å². The number of nitrogens with one attached hydrogen (secondary N) is 2. The second-order valence-electron chi connectivity index (χ2n) is 6.97. The molecular weight excluding hydrogens is 366 g/mol. The lowest BCUT2D eigenvalue weighted by Gasteiger charge is -2.20. The third-order valence-electron chi connectivity index (χ3n) is 4.69. The number of benzene rings is 2. The minimum absolute atomic E-state index is 0.0677. The van der Waals surface area contributed by atoms with Gasteiger partial charge in [-0.2, -0.15) is 0 Å². The molecule has 2 rings (SSSR count). The smallest absolute Gasteiger partial charge is 0.253 e. The molecule has 0 radical (unpaired) electrons. The van der Waals surface area contributed by atoms with Crippen LogP contribution in [0.2, 0.25) is 0 Å². The van der Waals surface area contributed by atoms with E-state index < -0.39 is 6.04 Å². The zero-order valence-corrected chi connectivity index (χ0v) is 17.5. The number of carbonyl (C=O) groups is 3. The topological polar surface area (TPSA) is 78.5 Å². The van der Waals surface area contributed by atoms with E-state index in [9.17, 15) is 14.4 Å². The second kappa shape index (κ2) is 10.4. The van der Waals surface area contributed by atoms with Crippen LogP contribution in [0.25, 0.3) is 0 Å². The molecule has 0 aromatic heterocycles. The van der Waals surface area contributed by atoms with E-state index in [4.69, 9.17) is 0 Å². The molecule has 0 aliphatic heterocycles. The molecule has 0 fully saturated rings. The predicted molar refractivity (Wildman–Crippen MR) is 115 cm³/mol. The van der Waals surface area contributed by atoms with Crippen LogP contribution in [-0.4, -0.2) is 35.7 Å². The van der Waals surface area contributed by atoms with Gasteiger partial charge in [0.1, 0.15) is 0 Å². The maximum absolute atomic E-state index is 12.6. The molecule has 0 spiro atoms. The first-order chi connectivity index (χ1) is 13.8. The Kier molecular flexibility index (Phi) is 7.95. The van der Waals surface area contributed by atoms with Crippen LogP contribution in [0.3, 0.4) is 0 Å². The van der Waals surface area contributed by atoms with Crippen LogP contribution in [0.5, 0.6) is 0 Å². The summed E-state index contributed by atoms with van der Waals surface area (Å²) in [6.45, 7) is 8.53. The maximum Gasteiger partial charge on any atom is 0.253 e. The zero-order chi connectivity index (χ0) is 21.4. The van der Waals surface area contributed by atoms with Crippen molar-refractivity contribution < 1.29 is 14.4 Å². The van der Waals surface area contributed by atoms with Gasteiger partial charge in [-0.1, -0.05) is 35.9 Å². The van der Waals surface area contributed by atoms with Crippen LogP contribution in [0.1, 0.15) is 54.7 Å². The normalized spacial score (nSPS) is 11.4. The van der Waals surface area contributed by atoms with E-state index >= 15 is 0 Å². The summed E-state index contributed by atoms with van der Waals surface area (Å²) in [5.74, 6) is -0.506. The number of amides is 3. The van der Waals surface area contributed by atoms with Gasteiger partial charge in [0.25, 0.3) is 5.91 Å². The molecule has 2 aromatic rings. The van der Waals surface area contributed by atoms with Crippen molar-refractivity contribution in [3.63, 3.8) is 0 Å². The number of carbonyl (C=O) groups excluding carboxylic acids is 3. The van der Waals surface area contributed by atoms with Crippen molar-refractivity contribution in [1.29, 1.82) is 0 Å². The molecule has 29 heavy (non-hydrogen) atoms.